The van der Waals surface area contributed by atoms with E-state index in [1.54, 1.807) is 0 Å². The minimum atomic E-state index is -4.33. The molecule has 0 N–H and O–H groups in total. The van der Waals surface area contributed by atoms with Crippen molar-refractivity contribution in [1.82, 2.24) is 4.90 Å². The first-order valence-electron chi connectivity index (χ1n) is 5.95. The van der Waals surface area contributed by atoms with Gasteiger partial charge in [0.25, 0.3) is 0 Å². The van der Waals surface area contributed by atoms with E-state index in [0.29, 0.717) is 12.8 Å². The molecule has 0 aliphatic heterocycles. The van der Waals surface area contributed by atoms with E-state index in [-0.39, 0.29) is 18.2 Å². The maximum Gasteiger partial charge on any atom is 0.401 e. The zero-order valence-corrected chi connectivity index (χ0v) is 10.1. The molecule has 1 saturated carbocycles. The van der Waals surface area contributed by atoms with Crippen LogP contribution in [-0.2, 0) is 0 Å². The first kappa shape index (κ1) is 14.0. The van der Waals surface area contributed by atoms with Gasteiger partial charge in [-0.3, -0.25) is 9.69 Å². The smallest absolute Gasteiger partial charge is 0.293 e. The summed E-state index contributed by atoms with van der Waals surface area (Å²) in [5.41, 5.74) is 0.104. The normalized spacial score (nSPS) is 15.8. The van der Waals surface area contributed by atoms with Crippen LogP contribution in [-0.4, -0.2) is 36.0 Å². The molecule has 0 spiro atoms. The summed E-state index contributed by atoms with van der Waals surface area (Å²) in [6.45, 7) is -1.42. The zero-order valence-electron chi connectivity index (χ0n) is 10.1. The molecule has 0 atom stereocenters. The number of Topliss-reactive ketones (excluding diaryl/α,β-unsaturated/α-hetero) is 1. The highest BCUT2D eigenvalue weighted by molar-refractivity contribution is 5.97. The van der Waals surface area contributed by atoms with Gasteiger partial charge in [0.2, 0.25) is 0 Å². The molecule has 2 rings (SSSR count). The third-order valence-corrected chi connectivity index (χ3v) is 2.94. The second-order valence-electron chi connectivity index (χ2n) is 4.68. The van der Waals surface area contributed by atoms with Crippen molar-refractivity contribution in [3.05, 3.63) is 35.6 Å². The number of carbonyl (C=O) groups excluding carboxylic acids is 1. The van der Waals surface area contributed by atoms with Gasteiger partial charge in [0.05, 0.1) is 13.1 Å². The number of ketones is 1. The Balaban J connectivity index is 2.03. The van der Waals surface area contributed by atoms with Crippen molar-refractivity contribution in [2.24, 2.45) is 0 Å². The summed E-state index contributed by atoms with van der Waals surface area (Å²) < 4.78 is 50.2. The molecule has 0 saturated heterocycles. The van der Waals surface area contributed by atoms with Crippen LogP contribution in [0.25, 0.3) is 0 Å². The number of rotatable bonds is 5. The molecule has 1 aliphatic carbocycles. The van der Waals surface area contributed by atoms with Crippen LogP contribution >= 0.6 is 0 Å². The van der Waals surface area contributed by atoms with Crippen molar-refractivity contribution in [3.63, 3.8) is 0 Å². The standard InChI is InChI=1S/C13H13F4NO/c14-10-3-1-2-9(6-10)12(19)7-18(11-4-5-11)8-13(15,16)17/h1-3,6,11H,4-5,7-8H2. The lowest BCUT2D eigenvalue weighted by molar-refractivity contribution is -0.145. The van der Waals surface area contributed by atoms with Gasteiger partial charge in [-0.15, -0.1) is 0 Å². The lowest BCUT2D eigenvalue weighted by Crippen LogP contribution is -2.39. The average Bonchev–Trinajstić information content (AvgIpc) is 3.10. The molecule has 0 aromatic heterocycles. The molecule has 0 heterocycles. The van der Waals surface area contributed by atoms with E-state index in [4.69, 9.17) is 0 Å². The molecule has 19 heavy (non-hydrogen) atoms. The summed E-state index contributed by atoms with van der Waals surface area (Å²) >= 11 is 0. The Morgan fingerprint density at radius 1 is 1.32 bits per heavy atom. The molecule has 1 aromatic rings. The lowest BCUT2D eigenvalue weighted by atomic mass is 10.1. The first-order valence-corrected chi connectivity index (χ1v) is 5.95. The van der Waals surface area contributed by atoms with Gasteiger partial charge in [-0.1, -0.05) is 12.1 Å². The molecule has 1 aliphatic rings. The summed E-state index contributed by atoms with van der Waals surface area (Å²) in [6.07, 6.45) is -2.98. The van der Waals surface area contributed by atoms with Crippen LogP contribution in [0.2, 0.25) is 0 Å². The number of hydrogen-bond acceptors (Lipinski definition) is 2. The molecular formula is C13H13F4NO. The molecule has 0 radical (unpaired) electrons. The van der Waals surface area contributed by atoms with E-state index in [1.165, 1.54) is 18.2 Å². The Labute approximate surface area is 108 Å². The Hall–Kier alpha value is -1.43. The number of benzene rings is 1. The molecule has 0 bridgehead atoms. The highest BCUT2D eigenvalue weighted by atomic mass is 19.4. The van der Waals surface area contributed by atoms with Crippen LogP contribution in [0.1, 0.15) is 23.2 Å². The fourth-order valence-corrected chi connectivity index (χ4v) is 1.92. The van der Waals surface area contributed by atoms with Crippen LogP contribution in [0.15, 0.2) is 24.3 Å². The Morgan fingerprint density at radius 2 is 2.00 bits per heavy atom. The summed E-state index contributed by atoms with van der Waals surface area (Å²) in [5, 5.41) is 0. The van der Waals surface area contributed by atoms with Crippen molar-refractivity contribution in [2.45, 2.75) is 25.1 Å². The predicted octanol–water partition coefficient (Wildman–Crippen LogP) is 3.04. The molecule has 1 fully saturated rings. The quantitative estimate of drug-likeness (QED) is 0.608. The topological polar surface area (TPSA) is 20.3 Å². The van der Waals surface area contributed by atoms with Crippen molar-refractivity contribution in [2.75, 3.05) is 13.1 Å². The number of halogens is 4. The maximum atomic E-state index is 13.0. The average molecular weight is 275 g/mol. The van der Waals surface area contributed by atoms with E-state index in [2.05, 4.69) is 0 Å². The largest absolute Gasteiger partial charge is 0.401 e. The van der Waals surface area contributed by atoms with Gasteiger partial charge in [0.1, 0.15) is 5.82 Å². The minimum Gasteiger partial charge on any atom is -0.293 e. The first-order chi connectivity index (χ1) is 8.85. The van der Waals surface area contributed by atoms with Crippen molar-refractivity contribution in [1.29, 1.82) is 0 Å². The van der Waals surface area contributed by atoms with E-state index >= 15 is 0 Å². The van der Waals surface area contributed by atoms with E-state index < -0.39 is 24.3 Å². The van der Waals surface area contributed by atoms with Crippen LogP contribution < -0.4 is 0 Å². The second kappa shape index (κ2) is 5.28. The number of hydrogen-bond donors (Lipinski definition) is 0. The molecule has 6 heteroatoms. The highest BCUT2D eigenvalue weighted by Crippen LogP contribution is 2.30. The van der Waals surface area contributed by atoms with Crippen LogP contribution in [0, 0.1) is 5.82 Å². The van der Waals surface area contributed by atoms with Gasteiger partial charge in [-0.05, 0) is 25.0 Å². The van der Waals surface area contributed by atoms with E-state index in [1.807, 2.05) is 0 Å². The minimum absolute atomic E-state index is 0.104. The van der Waals surface area contributed by atoms with Gasteiger partial charge >= 0.3 is 6.18 Å². The second-order valence-corrected chi connectivity index (χ2v) is 4.68. The SMILES string of the molecule is O=C(CN(CC(F)(F)F)C1CC1)c1cccc(F)c1. The van der Waals surface area contributed by atoms with Crippen molar-refractivity contribution >= 4 is 5.78 Å². The fraction of sp³-hybridized carbons (Fsp3) is 0.462. The third kappa shape index (κ3) is 4.31. The molecule has 104 valence electrons. The van der Waals surface area contributed by atoms with Gasteiger partial charge in [0.15, 0.2) is 5.78 Å². The summed E-state index contributed by atoms with van der Waals surface area (Å²) in [6, 6.07) is 4.82. The van der Waals surface area contributed by atoms with Crippen LogP contribution in [0.3, 0.4) is 0 Å². The highest BCUT2D eigenvalue weighted by Gasteiger charge is 2.38. The molecule has 0 unspecified atom stereocenters. The Morgan fingerprint density at radius 3 is 2.53 bits per heavy atom. The van der Waals surface area contributed by atoms with Gasteiger partial charge in [-0.2, -0.15) is 13.2 Å². The fourth-order valence-electron chi connectivity index (χ4n) is 1.92. The van der Waals surface area contributed by atoms with Gasteiger partial charge in [0, 0.05) is 11.6 Å². The number of alkyl halides is 3. The van der Waals surface area contributed by atoms with Crippen molar-refractivity contribution in [3.8, 4) is 0 Å². The zero-order chi connectivity index (χ0) is 14.0. The Bertz CT molecular complexity index is 468. The monoisotopic (exact) mass is 275 g/mol. The summed E-state index contributed by atoms with van der Waals surface area (Å²) in [5.74, 6) is -1.06. The Kier molecular flexibility index (Phi) is 3.89. The predicted molar refractivity (Wildman–Crippen MR) is 61.4 cm³/mol. The summed E-state index contributed by atoms with van der Waals surface area (Å²) in [4.78, 5) is 13.0. The lowest BCUT2D eigenvalue weighted by Gasteiger charge is -2.22. The maximum absolute atomic E-state index is 13.0. The van der Waals surface area contributed by atoms with Crippen LogP contribution in [0.4, 0.5) is 17.6 Å². The van der Waals surface area contributed by atoms with Crippen LogP contribution in [0.5, 0.6) is 0 Å². The van der Waals surface area contributed by atoms with Crippen molar-refractivity contribution < 1.29 is 22.4 Å². The van der Waals surface area contributed by atoms with E-state index in [0.717, 1.165) is 11.0 Å². The molecule has 0 amide bonds. The molecular weight excluding hydrogens is 262 g/mol. The van der Waals surface area contributed by atoms with Gasteiger partial charge in [-0.25, -0.2) is 4.39 Å². The number of carbonyl (C=O) groups is 1. The van der Waals surface area contributed by atoms with E-state index in [9.17, 15) is 22.4 Å². The molecule has 1 aromatic carbocycles. The van der Waals surface area contributed by atoms with Gasteiger partial charge < -0.3 is 0 Å². The summed E-state index contributed by atoms with van der Waals surface area (Å²) in [7, 11) is 0. The number of nitrogens with zero attached hydrogens (tertiary/aromatic N) is 1. The molecule has 2 nitrogen and oxygen atoms in total. The third-order valence-electron chi connectivity index (χ3n) is 2.94.